The van der Waals surface area contributed by atoms with Crippen LogP contribution in [0.5, 0.6) is 0 Å². The van der Waals surface area contributed by atoms with Crippen molar-refractivity contribution in [2.45, 2.75) is 34.6 Å². The van der Waals surface area contributed by atoms with Crippen LogP contribution in [-0.2, 0) is 4.79 Å². The number of rotatable bonds is 1. The summed E-state index contributed by atoms with van der Waals surface area (Å²) in [4.78, 5) is 11.0. The van der Waals surface area contributed by atoms with Crippen molar-refractivity contribution in [2.75, 3.05) is 0 Å². The zero-order valence-electron chi connectivity index (χ0n) is 7.99. The number of carbonyl (C=O) groups is 1. The molecule has 0 aliphatic heterocycles. The summed E-state index contributed by atoms with van der Waals surface area (Å²) in [5.74, 6) is -0.308. The average Bonchev–Trinajstić information content (AvgIpc) is 1.54. The number of amides is 1. The molecule has 1 amide bonds. The number of hydrogen-bond acceptors (Lipinski definition) is 1. The van der Waals surface area contributed by atoms with Crippen molar-refractivity contribution in [3.63, 3.8) is 0 Å². The molecule has 2 nitrogen and oxygen atoms in total. The Morgan fingerprint density at radius 3 is 1.55 bits per heavy atom. The van der Waals surface area contributed by atoms with Gasteiger partial charge in [-0.15, -0.1) is 0 Å². The van der Waals surface area contributed by atoms with Crippen LogP contribution in [0, 0.1) is 5.41 Å². The lowest BCUT2D eigenvalue weighted by Gasteiger charge is -2.21. The summed E-state index contributed by atoms with van der Waals surface area (Å²) in [6, 6.07) is 0. The average molecular weight is 155 g/mol. The summed E-state index contributed by atoms with van der Waals surface area (Å²) in [6.07, 6.45) is 0. The molecule has 64 valence electrons. The van der Waals surface area contributed by atoms with Crippen LogP contribution in [0.4, 0.5) is 0 Å². The molecule has 0 aliphatic carbocycles. The molecule has 2 heteroatoms. The molecular weight excluding hydrogens is 138 g/mol. The summed E-state index contributed by atoms with van der Waals surface area (Å²) < 4.78 is 0. The SMILES string of the molecule is CC(C)=C(C(N)=O)C(C)(C)C. The molecule has 0 bridgehead atoms. The highest BCUT2D eigenvalue weighted by atomic mass is 16.1. The lowest BCUT2D eigenvalue weighted by Crippen LogP contribution is -2.25. The van der Waals surface area contributed by atoms with Gasteiger partial charge in [-0.1, -0.05) is 26.3 Å². The summed E-state index contributed by atoms with van der Waals surface area (Å²) in [7, 11) is 0. The molecule has 0 heterocycles. The van der Waals surface area contributed by atoms with Crippen LogP contribution >= 0.6 is 0 Å². The van der Waals surface area contributed by atoms with Crippen molar-refractivity contribution in [1.82, 2.24) is 0 Å². The zero-order valence-corrected chi connectivity index (χ0v) is 7.99. The van der Waals surface area contributed by atoms with E-state index in [1.54, 1.807) is 0 Å². The van der Waals surface area contributed by atoms with Gasteiger partial charge in [-0.3, -0.25) is 4.79 Å². The fourth-order valence-corrected chi connectivity index (χ4v) is 1.37. The molecular formula is C9H17NO. The maximum Gasteiger partial charge on any atom is 0.245 e. The fourth-order valence-electron chi connectivity index (χ4n) is 1.37. The molecule has 0 aromatic carbocycles. The Morgan fingerprint density at radius 1 is 1.18 bits per heavy atom. The maximum absolute atomic E-state index is 11.0. The number of primary amides is 1. The van der Waals surface area contributed by atoms with Gasteiger partial charge in [-0.05, 0) is 19.3 Å². The van der Waals surface area contributed by atoms with Crippen LogP contribution < -0.4 is 5.73 Å². The molecule has 0 unspecified atom stereocenters. The van der Waals surface area contributed by atoms with E-state index < -0.39 is 0 Å². The lowest BCUT2D eigenvalue weighted by atomic mass is 9.83. The smallest absolute Gasteiger partial charge is 0.245 e. The monoisotopic (exact) mass is 155 g/mol. The third-order valence-electron chi connectivity index (χ3n) is 1.50. The lowest BCUT2D eigenvalue weighted by molar-refractivity contribution is -0.115. The van der Waals surface area contributed by atoms with E-state index in [0.717, 1.165) is 11.1 Å². The Balaban J connectivity index is 4.96. The first-order valence-corrected chi connectivity index (χ1v) is 3.74. The van der Waals surface area contributed by atoms with Crippen molar-refractivity contribution in [2.24, 2.45) is 11.1 Å². The van der Waals surface area contributed by atoms with Crippen LogP contribution in [-0.4, -0.2) is 5.91 Å². The van der Waals surface area contributed by atoms with Gasteiger partial charge < -0.3 is 5.73 Å². The van der Waals surface area contributed by atoms with Gasteiger partial charge >= 0.3 is 0 Å². The minimum absolute atomic E-state index is 0.134. The molecule has 0 aromatic heterocycles. The van der Waals surface area contributed by atoms with Crippen molar-refractivity contribution in [3.05, 3.63) is 11.1 Å². The molecule has 0 spiro atoms. The molecule has 0 aromatic rings. The van der Waals surface area contributed by atoms with Crippen LogP contribution in [0.25, 0.3) is 0 Å². The van der Waals surface area contributed by atoms with Crippen molar-refractivity contribution in [3.8, 4) is 0 Å². The summed E-state index contributed by atoms with van der Waals surface area (Å²) in [5.41, 5.74) is 6.83. The number of hydrogen-bond donors (Lipinski definition) is 1. The zero-order chi connectivity index (χ0) is 9.23. The van der Waals surface area contributed by atoms with Crippen LogP contribution in [0.2, 0.25) is 0 Å². The van der Waals surface area contributed by atoms with Gasteiger partial charge in [0.1, 0.15) is 0 Å². The van der Waals surface area contributed by atoms with Gasteiger partial charge in [-0.2, -0.15) is 0 Å². The Labute approximate surface area is 68.5 Å². The van der Waals surface area contributed by atoms with Gasteiger partial charge in [0.15, 0.2) is 0 Å². The second-order valence-corrected chi connectivity index (χ2v) is 3.99. The largest absolute Gasteiger partial charge is 0.366 e. The first-order chi connectivity index (χ1) is 4.76. The predicted molar refractivity (Wildman–Crippen MR) is 47.0 cm³/mol. The van der Waals surface area contributed by atoms with Gasteiger partial charge in [0.05, 0.1) is 0 Å². The van der Waals surface area contributed by atoms with Crippen LogP contribution in [0.1, 0.15) is 34.6 Å². The van der Waals surface area contributed by atoms with E-state index in [0.29, 0.717) is 0 Å². The molecule has 2 N–H and O–H groups in total. The first-order valence-electron chi connectivity index (χ1n) is 3.74. The molecule has 0 radical (unpaired) electrons. The number of allylic oxidation sites excluding steroid dienone is 1. The third kappa shape index (κ3) is 2.74. The topological polar surface area (TPSA) is 43.1 Å². The van der Waals surface area contributed by atoms with E-state index in [4.69, 9.17) is 5.73 Å². The summed E-state index contributed by atoms with van der Waals surface area (Å²) in [6.45, 7) is 9.77. The van der Waals surface area contributed by atoms with E-state index in [2.05, 4.69) is 0 Å². The molecule has 0 saturated carbocycles. The highest BCUT2D eigenvalue weighted by Crippen LogP contribution is 2.27. The number of carbonyl (C=O) groups excluding carboxylic acids is 1. The quantitative estimate of drug-likeness (QED) is 0.577. The molecule has 0 fully saturated rings. The Bertz CT molecular complexity index is 192. The van der Waals surface area contributed by atoms with Crippen molar-refractivity contribution in [1.29, 1.82) is 0 Å². The molecule has 0 rings (SSSR count). The molecule has 0 atom stereocenters. The van der Waals surface area contributed by atoms with E-state index in [1.165, 1.54) is 0 Å². The van der Waals surface area contributed by atoms with Gasteiger partial charge in [0.2, 0.25) is 5.91 Å². The third-order valence-corrected chi connectivity index (χ3v) is 1.50. The normalized spacial score (nSPS) is 11.0. The van der Waals surface area contributed by atoms with E-state index in [-0.39, 0.29) is 11.3 Å². The molecule has 11 heavy (non-hydrogen) atoms. The van der Waals surface area contributed by atoms with E-state index in [1.807, 2.05) is 34.6 Å². The van der Waals surface area contributed by atoms with Gasteiger partial charge in [-0.25, -0.2) is 0 Å². The minimum Gasteiger partial charge on any atom is -0.366 e. The Morgan fingerprint density at radius 2 is 1.55 bits per heavy atom. The number of nitrogens with two attached hydrogens (primary N) is 1. The maximum atomic E-state index is 11.0. The summed E-state index contributed by atoms with van der Waals surface area (Å²) in [5, 5.41) is 0. The Hall–Kier alpha value is -0.790. The van der Waals surface area contributed by atoms with Gasteiger partial charge in [0, 0.05) is 5.57 Å². The molecule has 0 saturated heterocycles. The van der Waals surface area contributed by atoms with Gasteiger partial charge in [0.25, 0.3) is 0 Å². The Kier molecular flexibility index (Phi) is 2.85. The highest BCUT2D eigenvalue weighted by Gasteiger charge is 2.22. The van der Waals surface area contributed by atoms with Crippen molar-refractivity contribution < 1.29 is 4.79 Å². The van der Waals surface area contributed by atoms with E-state index >= 15 is 0 Å². The predicted octanol–water partition coefficient (Wildman–Crippen LogP) is 1.85. The summed E-state index contributed by atoms with van der Waals surface area (Å²) >= 11 is 0. The van der Waals surface area contributed by atoms with Crippen LogP contribution in [0.3, 0.4) is 0 Å². The second-order valence-electron chi connectivity index (χ2n) is 3.99. The standard InChI is InChI=1S/C9H17NO/c1-6(2)7(8(10)11)9(3,4)5/h1-5H3,(H2,10,11). The fraction of sp³-hybridized carbons (Fsp3) is 0.667. The first kappa shape index (κ1) is 10.2. The van der Waals surface area contributed by atoms with Crippen LogP contribution in [0.15, 0.2) is 11.1 Å². The molecule has 0 aliphatic rings. The second kappa shape index (κ2) is 3.07. The van der Waals surface area contributed by atoms with E-state index in [9.17, 15) is 4.79 Å². The minimum atomic E-state index is -0.308. The van der Waals surface area contributed by atoms with Crippen molar-refractivity contribution >= 4 is 5.91 Å². The highest BCUT2D eigenvalue weighted by molar-refractivity contribution is 5.93.